The first-order valence-electron chi connectivity index (χ1n) is 12.6. The molecule has 2 amide bonds. The monoisotopic (exact) mass is 512 g/mol. The van der Waals surface area contributed by atoms with Gasteiger partial charge in [0.25, 0.3) is 5.69 Å². The van der Waals surface area contributed by atoms with Crippen LogP contribution in [0.1, 0.15) is 28.5 Å². The number of amides is 2. The molecule has 3 aromatic carbocycles. The Hall–Kier alpha value is -4.37. The van der Waals surface area contributed by atoms with Gasteiger partial charge in [0.1, 0.15) is 0 Å². The molecular weight excluding hydrogens is 484 g/mol. The Kier molecular flexibility index (Phi) is 7.55. The van der Waals surface area contributed by atoms with Crippen molar-refractivity contribution in [3.8, 4) is 0 Å². The van der Waals surface area contributed by atoms with Crippen LogP contribution in [-0.2, 0) is 14.3 Å². The number of hydrogen-bond donors (Lipinski definition) is 1. The number of carbonyl (C=O) groups is 2. The first kappa shape index (κ1) is 25.3. The van der Waals surface area contributed by atoms with Gasteiger partial charge in [-0.05, 0) is 17.2 Å². The van der Waals surface area contributed by atoms with Crippen molar-refractivity contribution in [3.05, 3.63) is 112 Å². The number of nitrogens with zero attached hydrogens (tertiary/aromatic N) is 3. The molecule has 2 aliphatic rings. The van der Waals surface area contributed by atoms with E-state index in [0.717, 1.165) is 11.1 Å². The normalized spacial score (nSPS) is 23.0. The molecule has 0 unspecified atom stereocenters. The van der Waals surface area contributed by atoms with Crippen LogP contribution >= 0.6 is 0 Å². The third-order valence-corrected chi connectivity index (χ3v) is 7.34. The molecule has 0 bridgehead atoms. The predicted molar refractivity (Wildman–Crippen MR) is 142 cm³/mol. The van der Waals surface area contributed by atoms with Gasteiger partial charge in [-0.3, -0.25) is 19.7 Å². The Labute approximate surface area is 220 Å². The number of para-hydroxylation sites is 1. The maximum absolute atomic E-state index is 13.9. The Morgan fingerprint density at radius 3 is 2.00 bits per heavy atom. The number of hydrogen-bond acceptors (Lipinski definition) is 6. The van der Waals surface area contributed by atoms with Crippen LogP contribution in [0, 0.1) is 22.0 Å². The summed E-state index contributed by atoms with van der Waals surface area (Å²) in [7, 11) is 0. The Morgan fingerprint density at radius 1 is 0.868 bits per heavy atom. The molecule has 0 radical (unpaired) electrons. The fraction of sp³-hybridized carbons (Fsp3) is 0.276. The molecule has 194 valence electrons. The number of carbonyl (C=O) groups excluding carboxylic acids is 2. The second-order valence-corrected chi connectivity index (χ2v) is 9.41. The first-order valence-corrected chi connectivity index (χ1v) is 12.6. The highest BCUT2D eigenvalue weighted by atomic mass is 16.6. The molecule has 2 fully saturated rings. The summed E-state index contributed by atoms with van der Waals surface area (Å²) in [4.78, 5) is 40.2. The Bertz CT molecular complexity index is 1280. The molecule has 0 spiro atoms. The lowest BCUT2D eigenvalue weighted by atomic mass is 9.51. The van der Waals surface area contributed by atoms with Gasteiger partial charge in [0.15, 0.2) is 0 Å². The van der Waals surface area contributed by atoms with Crippen LogP contribution in [-0.4, -0.2) is 54.2 Å². The van der Waals surface area contributed by atoms with Gasteiger partial charge in [0.05, 0.1) is 41.8 Å². The SMILES string of the molecule is O=C(N/N=C\c1ccccc1[N+](=O)[O-])C1[C@@H](c2ccccc2)C(C(=O)N2CCOCC2)[C@@H]1c1ccccc1. The highest BCUT2D eigenvalue weighted by Gasteiger charge is 2.58. The lowest BCUT2D eigenvalue weighted by Gasteiger charge is -2.52. The van der Waals surface area contributed by atoms with Gasteiger partial charge in [-0.15, -0.1) is 0 Å². The van der Waals surface area contributed by atoms with E-state index in [1.807, 2.05) is 65.6 Å². The summed E-state index contributed by atoms with van der Waals surface area (Å²) >= 11 is 0. The van der Waals surface area contributed by atoms with Crippen LogP contribution in [0.2, 0.25) is 0 Å². The molecular formula is C29H28N4O5. The summed E-state index contributed by atoms with van der Waals surface area (Å²) in [5.74, 6) is -2.00. The summed E-state index contributed by atoms with van der Waals surface area (Å²) in [5, 5.41) is 15.4. The average molecular weight is 513 g/mol. The molecule has 2 atom stereocenters. The van der Waals surface area contributed by atoms with Crippen LogP contribution in [0.3, 0.4) is 0 Å². The van der Waals surface area contributed by atoms with E-state index in [9.17, 15) is 19.7 Å². The van der Waals surface area contributed by atoms with E-state index in [-0.39, 0.29) is 34.9 Å². The van der Waals surface area contributed by atoms with Crippen molar-refractivity contribution in [2.75, 3.05) is 26.3 Å². The summed E-state index contributed by atoms with van der Waals surface area (Å²) in [6.45, 7) is 2.04. The molecule has 1 N–H and O–H groups in total. The van der Waals surface area contributed by atoms with Gasteiger partial charge < -0.3 is 9.64 Å². The van der Waals surface area contributed by atoms with Gasteiger partial charge in [-0.25, -0.2) is 5.43 Å². The van der Waals surface area contributed by atoms with E-state index in [0.29, 0.717) is 26.3 Å². The average Bonchev–Trinajstić information content (AvgIpc) is 2.94. The number of rotatable bonds is 7. The van der Waals surface area contributed by atoms with Crippen LogP contribution < -0.4 is 5.43 Å². The standard InChI is InChI=1S/C29H28N4O5/c34-28(31-30-19-22-13-7-8-14-23(22)33(36)37)26-24(20-9-3-1-4-10-20)27(25(26)21-11-5-2-6-12-21)29(35)32-15-17-38-18-16-32/h1-14,19,24-27H,15-18H2,(H,31,34)/b30-19-/t24-,25-,26?,27?/m1/s1. The fourth-order valence-corrected chi connectivity index (χ4v) is 5.56. The van der Waals surface area contributed by atoms with Gasteiger partial charge in [-0.1, -0.05) is 72.8 Å². The lowest BCUT2D eigenvalue weighted by Crippen LogP contribution is -2.57. The Balaban J connectivity index is 1.47. The van der Waals surface area contributed by atoms with E-state index in [2.05, 4.69) is 10.5 Å². The maximum Gasteiger partial charge on any atom is 0.278 e. The minimum Gasteiger partial charge on any atom is -0.378 e. The molecule has 1 heterocycles. The Morgan fingerprint density at radius 2 is 1.42 bits per heavy atom. The minimum atomic E-state index is -0.558. The van der Waals surface area contributed by atoms with Crippen molar-refractivity contribution in [2.24, 2.45) is 16.9 Å². The molecule has 5 rings (SSSR count). The van der Waals surface area contributed by atoms with Crippen molar-refractivity contribution < 1.29 is 19.2 Å². The second-order valence-electron chi connectivity index (χ2n) is 9.41. The van der Waals surface area contributed by atoms with Gasteiger partial charge in [-0.2, -0.15) is 5.10 Å². The maximum atomic E-state index is 13.9. The third-order valence-electron chi connectivity index (χ3n) is 7.34. The van der Waals surface area contributed by atoms with E-state index in [1.54, 1.807) is 18.2 Å². The summed E-state index contributed by atoms with van der Waals surface area (Å²) < 4.78 is 5.45. The van der Waals surface area contributed by atoms with Crippen LogP contribution in [0.5, 0.6) is 0 Å². The second kappa shape index (κ2) is 11.4. The van der Waals surface area contributed by atoms with Crippen LogP contribution in [0.25, 0.3) is 0 Å². The van der Waals surface area contributed by atoms with Crippen LogP contribution in [0.4, 0.5) is 5.69 Å². The summed E-state index contributed by atoms with van der Waals surface area (Å²) in [6, 6.07) is 25.4. The zero-order valence-electron chi connectivity index (χ0n) is 20.7. The molecule has 3 aromatic rings. The quantitative estimate of drug-likeness (QED) is 0.294. The molecule has 9 nitrogen and oxygen atoms in total. The molecule has 0 aromatic heterocycles. The highest BCUT2D eigenvalue weighted by molar-refractivity contribution is 5.91. The zero-order valence-corrected chi connectivity index (χ0v) is 20.7. The smallest absolute Gasteiger partial charge is 0.278 e. The number of nitrogens with one attached hydrogen (secondary N) is 1. The number of benzene rings is 3. The van der Waals surface area contributed by atoms with Crippen molar-refractivity contribution >= 4 is 23.7 Å². The largest absolute Gasteiger partial charge is 0.378 e. The van der Waals surface area contributed by atoms with Crippen LogP contribution in [0.15, 0.2) is 90.0 Å². The van der Waals surface area contributed by atoms with Crippen molar-refractivity contribution in [1.82, 2.24) is 10.3 Å². The van der Waals surface area contributed by atoms with Crippen molar-refractivity contribution in [3.63, 3.8) is 0 Å². The van der Waals surface area contributed by atoms with Crippen molar-refractivity contribution in [1.29, 1.82) is 0 Å². The molecule has 1 saturated heterocycles. The summed E-state index contributed by atoms with van der Waals surface area (Å²) in [5.41, 5.74) is 4.60. The van der Waals surface area contributed by atoms with E-state index in [1.165, 1.54) is 12.3 Å². The fourth-order valence-electron chi connectivity index (χ4n) is 5.56. The highest BCUT2D eigenvalue weighted by Crippen LogP contribution is 2.58. The number of nitro groups is 1. The molecule has 1 aliphatic carbocycles. The third kappa shape index (κ3) is 5.05. The number of nitro benzene ring substituents is 1. The van der Waals surface area contributed by atoms with E-state index in [4.69, 9.17) is 4.74 Å². The number of hydrazone groups is 1. The van der Waals surface area contributed by atoms with E-state index >= 15 is 0 Å². The molecule has 9 heteroatoms. The van der Waals surface area contributed by atoms with Gasteiger partial charge in [0.2, 0.25) is 11.8 Å². The lowest BCUT2D eigenvalue weighted by molar-refractivity contribution is -0.385. The zero-order chi connectivity index (χ0) is 26.5. The van der Waals surface area contributed by atoms with Gasteiger partial charge in [0, 0.05) is 31.0 Å². The minimum absolute atomic E-state index is 0.0171. The predicted octanol–water partition coefficient (Wildman–Crippen LogP) is 3.72. The van der Waals surface area contributed by atoms with Crippen molar-refractivity contribution in [2.45, 2.75) is 11.8 Å². The number of morpholine rings is 1. The van der Waals surface area contributed by atoms with Gasteiger partial charge >= 0.3 is 0 Å². The first-order chi connectivity index (χ1) is 18.6. The topological polar surface area (TPSA) is 114 Å². The summed E-state index contributed by atoms with van der Waals surface area (Å²) in [6.07, 6.45) is 1.28. The molecule has 1 aliphatic heterocycles. The van der Waals surface area contributed by atoms with E-state index < -0.39 is 16.8 Å². The number of ether oxygens (including phenoxy) is 1. The molecule has 38 heavy (non-hydrogen) atoms. The molecule has 1 saturated carbocycles.